The summed E-state index contributed by atoms with van der Waals surface area (Å²) in [6.07, 6.45) is 0. The molecule has 2 amide bonds. The Labute approximate surface area is 264 Å². The molecule has 0 spiro atoms. The van der Waals surface area contributed by atoms with E-state index in [0.717, 1.165) is 9.87 Å². The van der Waals surface area contributed by atoms with Crippen molar-refractivity contribution in [2.75, 3.05) is 17.4 Å². The molecule has 0 aliphatic carbocycles. The molecule has 0 fully saturated rings. The number of hydrogen-bond acceptors (Lipinski definition) is 5. The van der Waals surface area contributed by atoms with Crippen LogP contribution in [0.5, 0.6) is 11.5 Å². The van der Waals surface area contributed by atoms with E-state index in [2.05, 4.69) is 5.32 Å². The Morgan fingerprint density at radius 2 is 1.42 bits per heavy atom. The van der Waals surface area contributed by atoms with Gasteiger partial charge in [-0.25, -0.2) is 12.8 Å². The number of aryl methyl sites for hydroxylation is 1. The van der Waals surface area contributed by atoms with E-state index in [1.165, 1.54) is 41.3 Å². The smallest absolute Gasteiger partial charge is 0.264 e. The first kappa shape index (κ1) is 33.2. The van der Waals surface area contributed by atoms with Crippen molar-refractivity contribution in [3.8, 4) is 11.5 Å². The van der Waals surface area contributed by atoms with Crippen LogP contribution in [0, 0.1) is 18.7 Å². The molecule has 236 valence electrons. The quantitative estimate of drug-likeness (QED) is 0.187. The third kappa shape index (κ3) is 8.92. The lowest BCUT2D eigenvalue weighted by molar-refractivity contribution is -0.139. The first-order valence-corrected chi connectivity index (χ1v) is 16.1. The minimum absolute atomic E-state index is 0.0123. The summed E-state index contributed by atoms with van der Waals surface area (Å²) >= 11 is 0. The molecule has 1 N–H and O–H groups in total. The summed E-state index contributed by atoms with van der Waals surface area (Å²) in [5.74, 6) is -0.134. The second kappa shape index (κ2) is 14.9. The number of amides is 2. The van der Waals surface area contributed by atoms with Crippen LogP contribution < -0.4 is 14.4 Å². The number of carbonyl (C=O) groups is 2. The largest absolute Gasteiger partial charge is 0.457 e. The summed E-state index contributed by atoms with van der Waals surface area (Å²) in [6, 6.07) is 26.6. The number of nitrogens with zero attached hydrogens (tertiary/aromatic N) is 2. The molecule has 45 heavy (non-hydrogen) atoms. The summed E-state index contributed by atoms with van der Waals surface area (Å²) in [6.45, 7) is 7.14. The van der Waals surface area contributed by atoms with Gasteiger partial charge in [0, 0.05) is 13.1 Å². The fourth-order valence-corrected chi connectivity index (χ4v) is 5.91. The van der Waals surface area contributed by atoms with E-state index in [0.29, 0.717) is 23.6 Å². The van der Waals surface area contributed by atoms with Gasteiger partial charge in [0.2, 0.25) is 11.8 Å². The minimum Gasteiger partial charge on any atom is -0.457 e. The van der Waals surface area contributed by atoms with E-state index in [4.69, 9.17) is 4.74 Å². The van der Waals surface area contributed by atoms with E-state index < -0.39 is 34.3 Å². The number of rotatable bonds is 13. The normalized spacial score (nSPS) is 12.0. The summed E-state index contributed by atoms with van der Waals surface area (Å²) in [7, 11) is -4.22. The van der Waals surface area contributed by atoms with Gasteiger partial charge in [-0.1, -0.05) is 61.9 Å². The first-order chi connectivity index (χ1) is 21.4. The zero-order valence-electron chi connectivity index (χ0n) is 25.8. The van der Waals surface area contributed by atoms with Crippen LogP contribution >= 0.6 is 0 Å². The summed E-state index contributed by atoms with van der Waals surface area (Å²) in [5.41, 5.74) is 1.71. The van der Waals surface area contributed by atoms with E-state index in [9.17, 15) is 22.4 Å². The zero-order chi connectivity index (χ0) is 32.6. The highest BCUT2D eigenvalue weighted by atomic mass is 32.2. The highest BCUT2D eigenvalue weighted by Crippen LogP contribution is 2.29. The molecule has 0 bridgehead atoms. The summed E-state index contributed by atoms with van der Waals surface area (Å²) < 4.78 is 48.7. The van der Waals surface area contributed by atoms with Crippen molar-refractivity contribution >= 4 is 27.5 Å². The van der Waals surface area contributed by atoms with Crippen molar-refractivity contribution in [3.63, 3.8) is 0 Å². The van der Waals surface area contributed by atoms with Crippen molar-refractivity contribution in [1.82, 2.24) is 10.2 Å². The third-order valence-electron chi connectivity index (χ3n) is 7.11. The molecule has 4 rings (SSSR count). The second-order valence-corrected chi connectivity index (χ2v) is 13.1. The zero-order valence-corrected chi connectivity index (χ0v) is 26.6. The van der Waals surface area contributed by atoms with Crippen LogP contribution in [0.15, 0.2) is 108 Å². The SMILES string of the molecule is Cc1ccc(S(=O)(=O)N(CC(=O)N(Cc2ccc(F)cc2)[C@H](C)C(=O)NCC(C)C)c2ccc(Oc3ccccc3)cc2)cc1. The molecule has 8 nitrogen and oxygen atoms in total. The van der Waals surface area contributed by atoms with Crippen molar-refractivity contribution in [2.45, 2.75) is 45.2 Å². The van der Waals surface area contributed by atoms with E-state index >= 15 is 0 Å². The van der Waals surface area contributed by atoms with Crippen LogP contribution in [0.3, 0.4) is 0 Å². The number of halogens is 1. The molecule has 0 saturated heterocycles. The lowest BCUT2D eigenvalue weighted by Gasteiger charge is -2.32. The highest BCUT2D eigenvalue weighted by molar-refractivity contribution is 7.92. The Kier molecular flexibility index (Phi) is 11.0. The molecule has 0 aromatic heterocycles. The van der Waals surface area contributed by atoms with Gasteiger partial charge in [0.05, 0.1) is 10.6 Å². The Bertz CT molecular complexity index is 1680. The average Bonchev–Trinajstić information content (AvgIpc) is 3.03. The van der Waals surface area contributed by atoms with Crippen molar-refractivity contribution < 1.29 is 27.1 Å². The van der Waals surface area contributed by atoms with Gasteiger partial charge in [-0.05, 0) is 86.0 Å². The van der Waals surface area contributed by atoms with Gasteiger partial charge in [-0.2, -0.15) is 0 Å². The lowest BCUT2D eigenvalue weighted by atomic mass is 10.1. The first-order valence-electron chi connectivity index (χ1n) is 14.7. The molecule has 0 radical (unpaired) electrons. The maximum absolute atomic E-state index is 14.1. The molecule has 0 saturated carbocycles. The highest BCUT2D eigenvalue weighted by Gasteiger charge is 2.32. The van der Waals surface area contributed by atoms with Gasteiger partial charge in [-0.15, -0.1) is 0 Å². The van der Waals surface area contributed by atoms with Crippen LogP contribution in [0.2, 0.25) is 0 Å². The van der Waals surface area contributed by atoms with Crippen LogP contribution in [0.4, 0.5) is 10.1 Å². The number of hydrogen-bond donors (Lipinski definition) is 1. The molecule has 0 aliphatic rings. The minimum atomic E-state index is -4.22. The number of carbonyl (C=O) groups excluding carboxylic acids is 2. The van der Waals surface area contributed by atoms with Gasteiger partial charge >= 0.3 is 0 Å². The Morgan fingerprint density at radius 3 is 2.02 bits per heavy atom. The average molecular weight is 632 g/mol. The van der Waals surface area contributed by atoms with E-state index in [1.54, 1.807) is 55.5 Å². The number of benzene rings is 4. The monoisotopic (exact) mass is 631 g/mol. The number of sulfonamides is 1. The van der Waals surface area contributed by atoms with Crippen molar-refractivity contribution in [3.05, 3.63) is 120 Å². The Hall–Kier alpha value is -4.70. The maximum Gasteiger partial charge on any atom is 0.264 e. The molecule has 4 aromatic rings. The number of ether oxygens (including phenoxy) is 1. The van der Waals surface area contributed by atoms with Gasteiger partial charge in [0.1, 0.15) is 29.9 Å². The standard InChI is InChI=1S/C35H38FN3O5S/c1-25(2)22-37-35(41)27(4)38(23-28-12-14-29(36)15-13-28)34(40)24-39(45(42,43)33-20-10-26(3)11-21-33)30-16-18-32(19-17-30)44-31-8-6-5-7-9-31/h5-21,25,27H,22-24H2,1-4H3,(H,37,41)/t27-/m1/s1. The van der Waals surface area contributed by atoms with Gasteiger partial charge in [0.15, 0.2) is 0 Å². The Balaban J connectivity index is 1.69. The molecule has 0 unspecified atom stereocenters. The predicted octanol–water partition coefficient (Wildman–Crippen LogP) is 6.31. The summed E-state index contributed by atoms with van der Waals surface area (Å²) in [5, 5.41) is 2.85. The fraction of sp³-hybridized carbons (Fsp3) is 0.257. The van der Waals surface area contributed by atoms with Gasteiger partial charge < -0.3 is 15.0 Å². The molecule has 0 aliphatic heterocycles. The van der Waals surface area contributed by atoms with Crippen LogP contribution in [0.25, 0.3) is 0 Å². The van der Waals surface area contributed by atoms with Crippen LogP contribution in [-0.4, -0.2) is 44.3 Å². The molecule has 4 aromatic carbocycles. The van der Waals surface area contributed by atoms with Crippen LogP contribution in [-0.2, 0) is 26.2 Å². The third-order valence-corrected chi connectivity index (χ3v) is 8.90. The van der Waals surface area contributed by atoms with Crippen molar-refractivity contribution in [1.29, 1.82) is 0 Å². The lowest BCUT2D eigenvalue weighted by Crippen LogP contribution is -2.51. The number of nitrogens with one attached hydrogen (secondary N) is 1. The second-order valence-electron chi connectivity index (χ2n) is 11.2. The van der Waals surface area contributed by atoms with Crippen LogP contribution in [0.1, 0.15) is 31.9 Å². The number of para-hydroxylation sites is 1. The van der Waals surface area contributed by atoms with Gasteiger partial charge in [0.25, 0.3) is 10.0 Å². The van der Waals surface area contributed by atoms with E-state index in [1.807, 2.05) is 39.0 Å². The fourth-order valence-electron chi connectivity index (χ4n) is 4.49. The van der Waals surface area contributed by atoms with Gasteiger partial charge in [-0.3, -0.25) is 13.9 Å². The van der Waals surface area contributed by atoms with E-state index in [-0.39, 0.29) is 29.0 Å². The molecule has 0 heterocycles. The maximum atomic E-state index is 14.1. The topological polar surface area (TPSA) is 96.0 Å². The molecular weight excluding hydrogens is 593 g/mol. The Morgan fingerprint density at radius 1 is 0.822 bits per heavy atom. The summed E-state index contributed by atoms with van der Waals surface area (Å²) in [4.78, 5) is 28.5. The molecular formula is C35H38FN3O5S. The predicted molar refractivity (Wildman–Crippen MR) is 173 cm³/mol. The molecule has 10 heteroatoms. The van der Waals surface area contributed by atoms with Crippen molar-refractivity contribution in [2.24, 2.45) is 5.92 Å². The number of anilines is 1. The molecule has 1 atom stereocenters.